The summed E-state index contributed by atoms with van der Waals surface area (Å²) in [6, 6.07) is 2.74. The number of ether oxygens (including phenoxy) is 1. The Hall–Kier alpha value is -1.62. The highest BCUT2D eigenvalue weighted by Crippen LogP contribution is 2.33. The third-order valence-electron chi connectivity index (χ3n) is 3.31. The molecule has 0 atom stereocenters. The normalized spacial score (nSPS) is 15.2. The highest BCUT2D eigenvalue weighted by atomic mass is 35.5. The van der Waals surface area contributed by atoms with Crippen LogP contribution in [-0.2, 0) is 0 Å². The van der Waals surface area contributed by atoms with Crippen LogP contribution >= 0.6 is 11.6 Å². The monoisotopic (exact) mass is 281 g/mol. The van der Waals surface area contributed by atoms with Crippen molar-refractivity contribution in [1.82, 2.24) is 9.97 Å². The van der Waals surface area contributed by atoms with E-state index in [1.807, 2.05) is 0 Å². The molecule has 1 aromatic heterocycles. The molecule has 0 saturated carbocycles. The first-order chi connectivity index (χ1) is 9.19. The summed E-state index contributed by atoms with van der Waals surface area (Å²) in [6.07, 6.45) is 2.21. The minimum atomic E-state index is -0.365. The quantitative estimate of drug-likeness (QED) is 0.793. The zero-order chi connectivity index (χ0) is 13.4. The molecule has 3 rings (SSSR count). The van der Waals surface area contributed by atoms with Crippen LogP contribution < -0.4 is 9.64 Å². The Bertz CT molecular complexity index is 629. The van der Waals surface area contributed by atoms with Crippen molar-refractivity contribution in [3.8, 4) is 5.75 Å². The van der Waals surface area contributed by atoms with Crippen molar-refractivity contribution in [2.75, 3.05) is 25.1 Å². The van der Waals surface area contributed by atoms with E-state index in [1.54, 1.807) is 0 Å². The lowest BCUT2D eigenvalue weighted by Crippen LogP contribution is -2.19. The average Bonchev–Trinajstić information content (AvgIpc) is 2.91. The third kappa shape index (κ3) is 2.18. The van der Waals surface area contributed by atoms with E-state index in [0.717, 1.165) is 25.9 Å². The van der Waals surface area contributed by atoms with Crippen LogP contribution in [0.1, 0.15) is 12.8 Å². The molecule has 2 aromatic rings. The summed E-state index contributed by atoms with van der Waals surface area (Å²) in [5, 5.41) is 0.794. The SMILES string of the molecule is COc1cc(F)cc2c(N3CCCC3)nc(Cl)nc12. The van der Waals surface area contributed by atoms with E-state index in [9.17, 15) is 4.39 Å². The number of fused-ring (bicyclic) bond motifs is 1. The van der Waals surface area contributed by atoms with E-state index >= 15 is 0 Å². The zero-order valence-electron chi connectivity index (χ0n) is 10.5. The number of halogens is 2. The molecule has 1 aliphatic rings. The van der Waals surface area contributed by atoms with Gasteiger partial charge in [0.05, 0.1) is 7.11 Å². The Balaban J connectivity index is 2.28. The number of aromatic nitrogens is 2. The smallest absolute Gasteiger partial charge is 0.225 e. The van der Waals surface area contributed by atoms with E-state index in [1.165, 1.54) is 19.2 Å². The van der Waals surface area contributed by atoms with Crippen LogP contribution in [0.15, 0.2) is 12.1 Å². The largest absolute Gasteiger partial charge is 0.494 e. The minimum Gasteiger partial charge on any atom is -0.494 e. The lowest BCUT2D eigenvalue weighted by atomic mass is 10.2. The van der Waals surface area contributed by atoms with Gasteiger partial charge in [0.15, 0.2) is 0 Å². The second kappa shape index (κ2) is 4.81. The van der Waals surface area contributed by atoms with Crippen LogP contribution in [0.5, 0.6) is 5.75 Å². The van der Waals surface area contributed by atoms with E-state index < -0.39 is 0 Å². The van der Waals surface area contributed by atoms with Gasteiger partial charge < -0.3 is 9.64 Å². The molecule has 19 heavy (non-hydrogen) atoms. The predicted octanol–water partition coefficient (Wildman–Crippen LogP) is 3.03. The number of nitrogens with zero attached hydrogens (tertiary/aromatic N) is 3. The van der Waals surface area contributed by atoms with Crippen molar-refractivity contribution < 1.29 is 9.13 Å². The van der Waals surface area contributed by atoms with Gasteiger partial charge in [-0.15, -0.1) is 0 Å². The fraction of sp³-hybridized carbons (Fsp3) is 0.385. The summed E-state index contributed by atoms with van der Waals surface area (Å²) >= 11 is 5.97. The van der Waals surface area contributed by atoms with Gasteiger partial charge in [0, 0.05) is 24.5 Å². The molecule has 1 aliphatic heterocycles. The van der Waals surface area contributed by atoms with Crippen LogP contribution in [0.25, 0.3) is 10.9 Å². The van der Waals surface area contributed by atoms with E-state index in [2.05, 4.69) is 14.9 Å². The Labute approximate surface area is 115 Å². The lowest BCUT2D eigenvalue weighted by Gasteiger charge is -2.19. The molecular weight excluding hydrogens is 269 g/mol. The molecule has 0 radical (unpaired) electrons. The van der Waals surface area contributed by atoms with Gasteiger partial charge in [-0.3, -0.25) is 0 Å². The molecule has 0 unspecified atom stereocenters. The Morgan fingerprint density at radius 1 is 1.26 bits per heavy atom. The standard InChI is InChI=1S/C13H13ClFN3O/c1-19-10-7-8(15)6-9-11(10)16-13(14)17-12(9)18-4-2-3-5-18/h6-7H,2-5H2,1H3. The Kier molecular flexibility index (Phi) is 3.14. The van der Waals surface area contributed by atoms with Gasteiger partial charge in [-0.1, -0.05) is 0 Å². The van der Waals surface area contributed by atoms with Gasteiger partial charge in [0.25, 0.3) is 0 Å². The van der Waals surface area contributed by atoms with Gasteiger partial charge in [-0.25, -0.2) is 9.37 Å². The maximum atomic E-state index is 13.7. The summed E-state index contributed by atoms with van der Waals surface area (Å²) in [4.78, 5) is 10.5. The maximum absolute atomic E-state index is 13.7. The molecule has 0 amide bonds. The molecule has 2 heterocycles. The van der Waals surface area contributed by atoms with Crippen molar-refractivity contribution >= 4 is 28.3 Å². The first-order valence-corrected chi connectivity index (χ1v) is 6.52. The van der Waals surface area contributed by atoms with Gasteiger partial charge >= 0.3 is 0 Å². The van der Waals surface area contributed by atoms with Crippen molar-refractivity contribution in [3.63, 3.8) is 0 Å². The van der Waals surface area contributed by atoms with E-state index in [0.29, 0.717) is 22.5 Å². The molecule has 0 N–H and O–H groups in total. The van der Waals surface area contributed by atoms with E-state index in [4.69, 9.17) is 16.3 Å². The number of rotatable bonds is 2. The van der Waals surface area contributed by atoms with Crippen LogP contribution in [-0.4, -0.2) is 30.2 Å². The molecule has 0 bridgehead atoms. The predicted molar refractivity (Wildman–Crippen MR) is 72.5 cm³/mol. The summed E-state index contributed by atoms with van der Waals surface area (Å²) < 4.78 is 18.8. The van der Waals surface area contributed by atoms with Crippen molar-refractivity contribution in [1.29, 1.82) is 0 Å². The molecule has 1 saturated heterocycles. The first kappa shape index (κ1) is 12.4. The summed E-state index contributed by atoms with van der Waals surface area (Å²) in [5.74, 6) is 0.695. The fourth-order valence-electron chi connectivity index (χ4n) is 2.45. The van der Waals surface area contributed by atoms with Crippen molar-refractivity contribution in [3.05, 3.63) is 23.2 Å². The van der Waals surface area contributed by atoms with Crippen LogP contribution in [0.4, 0.5) is 10.2 Å². The molecule has 1 fully saturated rings. The highest BCUT2D eigenvalue weighted by Gasteiger charge is 2.20. The minimum absolute atomic E-state index is 0.152. The topological polar surface area (TPSA) is 38.2 Å². The van der Waals surface area contributed by atoms with Gasteiger partial charge in [-0.2, -0.15) is 4.98 Å². The number of hydrogen-bond donors (Lipinski definition) is 0. The Morgan fingerprint density at radius 3 is 2.68 bits per heavy atom. The maximum Gasteiger partial charge on any atom is 0.225 e. The number of hydrogen-bond acceptors (Lipinski definition) is 4. The van der Waals surface area contributed by atoms with Crippen LogP contribution in [0, 0.1) is 5.82 Å². The second-order valence-corrected chi connectivity index (χ2v) is 4.85. The number of methoxy groups -OCH3 is 1. The summed E-state index contributed by atoms with van der Waals surface area (Å²) in [7, 11) is 1.49. The Morgan fingerprint density at radius 2 is 2.00 bits per heavy atom. The average molecular weight is 282 g/mol. The molecule has 100 valence electrons. The second-order valence-electron chi connectivity index (χ2n) is 4.51. The van der Waals surface area contributed by atoms with Crippen LogP contribution in [0.3, 0.4) is 0 Å². The highest BCUT2D eigenvalue weighted by molar-refractivity contribution is 6.29. The van der Waals surface area contributed by atoms with Gasteiger partial charge in [-0.05, 0) is 30.5 Å². The van der Waals surface area contributed by atoms with Gasteiger partial charge in [0.2, 0.25) is 5.28 Å². The third-order valence-corrected chi connectivity index (χ3v) is 3.48. The number of anilines is 1. The van der Waals surface area contributed by atoms with Crippen LogP contribution in [0.2, 0.25) is 5.28 Å². The first-order valence-electron chi connectivity index (χ1n) is 6.15. The number of benzene rings is 1. The van der Waals surface area contributed by atoms with Gasteiger partial charge in [0.1, 0.15) is 22.9 Å². The van der Waals surface area contributed by atoms with E-state index in [-0.39, 0.29) is 11.1 Å². The lowest BCUT2D eigenvalue weighted by molar-refractivity contribution is 0.415. The summed E-state index contributed by atoms with van der Waals surface area (Å²) in [6.45, 7) is 1.81. The summed E-state index contributed by atoms with van der Waals surface area (Å²) in [5.41, 5.74) is 0.547. The fourth-order valence-corrected chi connectivity index (χ4v) is 2.62. The molecule has 0 spiro atoms. The molecule has 6 heteroatoms. The molecule has 0 aliphatic carbocycles. The molecular formula is C13H13ClFN3O. The van der Waals surface area contributed by atoms with Crippen molar-refractivity contribution in [2.24, 2.45) is 0 Å². The van der Waals surface area contributed by atoms with Crippen molar-refractivity contribution in [2.45, 2.75) is 12.8 Å². The molecule has 1 aromatic carbocycles. The zero-order valence-corrected chi connectivity index (χ0v) is 11.2. The molecule has 4 nitrogen and oxygen atoms in total.